The highest BCUT2D eigenvalue weighted by atomic mass is 31.2. The molecule has 0 aliphatic carbocycles. The number of aliphatic carboxylic acids is 1. The molecule has 3 atom stereocenters. The summed E-state index contributed by atoms with van der Waals surface area (Å²) in [7, 11) is 9.43. The minimum Gasteiger partial charge on any atom is -0.496 e. The molecule has 4 N–H and O–H groups in total. The third kappa shape index (κ3) is 9.33. The molecule has 0 aliphatic heterocycles. The normalized spacial score (nSPS) is 12.5. The van der Waals surface area contributed by atoms with Crippen LogP contribution >= 0.6 is 7.26 Å². The second-order valence-electron chi connectivity index (χ2n) is 12.2. The van der Waals surface area contributed by atoms with Crippen molar-refractivity contribution in [1.29, 1.82) is 0 Å². The first kappa shape index (κ1) is 44.6. The molecule has 0 aliphatic rings. The summed E-state index contributed by atoms with van der Waals surface area (Å²) in [5.41, 5.74) is 0. The van der Waals surface area contributed by atoms with E-state index in [1.807, 2.05) is 0 Å². The molecule has 0 saturated carbocycles. The van der Waals surface area contributed by atoms with Crippen LogP contribution in [-0.4, -0.2) is 117 Å². The van der Waals surface area contributed by atoms with Crippen molar-refractivity contribution in [2.45, 2.75) is 38.9 Å². The van der Waals surface area contributed by atoms with Crippen LogP contribution < -0.4 is 74.5 Å². The zero-order valence-electron chi connectivity index (χ0n) is 33.6. The SMILES string of the molecule is COc1cc(OC)c([P+](CC(=O)N[C@@H](C)C(=O)N[C@@H](C)C(=O)N[C@@H](C)C(=O)O)(c2c(OC)cc(OC)cc2OC)c2c(OC)cc(OC)cc2OC)c(OC)c1. The van der Waals surface area contributed by atoms with E-state index in [0.29, 0.717) is 33.2 Å². The highest BCUT2D eigenvalue weighted by Gasteiger charge is 2.59. The molecule has 0 spiro atoms. The molecule has 17 nitrogen and oxygen atoms in total. The number of nitrogens with one attached hydrogen (secondary N) is 3. The molecule has 0 unspecified atom stereocenters. The van der Waals surface area contributed by atoms with E-state index in [-0.39, 0.29) is 34.5 Å². The third-order valence-electron chi connectivity index (χ3n) is 8.85. The molecule has 3 aromatic rings. The summed E-state index contributed by atoms with van der Waals surface area (Å²) in [6, 6.07) is 6.33. The quantitative estimate of drug-likeness (QED) is 0.120. The Kier molecular flexibility index (Phi) is 15.6. The molecular weight excluding hydrogens is 753 g/mol. The number of ether oxygens (including phenoxy) is 9. The average molecular weight is 805 g/mol. The Balaban J connectivity index is 2.48. The van der Waals surface area contributed by atoms with Crippen LogP contribution in [0.25, 0.3) is 0 Å². The van der Waals surface area contributed by atoms with Gasteiger partial charge in [0.25, 0.3) is 5.91 Å². The van der Waals surface area contributed by atoms with E-state index in [1.165, 1.54) is 84.8 Å². The molecule has 3 amide bonds. The van der Waals surface area contributed by atoms with Crippen molar-refractivity contribution in [3.05, 3.63) is 36.4 Å². The van der Waals surface area contributed by atoms with Gasteiger partial charge in [0, 0.05) is 36.4 Å². The van der Waals surface area contributed by atoms with Crippen molar-refractivity contribution in [2.24, 2.45) is 0 Å². The van der Waals surface area contributed by atoms with Crippen LogP contribution in [0.4, 0.5) is 0 Å². The topological polar surface area (TPSA) is 208 Å². The highest BCUT2D eigenvalue weighted by molar-refractivity contribution is 7.97. The van der Waals surface area contributed by atoms with E-state index in [4.69, 9.17) is 42.6 Å². The highest BCUT2D eigenvalue weighted by Crippen LogP contribution is 2.66. The van der Waals surface area contributed by atoms with E-state index < -0.39 is 55.2 Å². The van der Waals surface area contributed by atoms with E-state index in [1.54, 1.807) is 36.4 Å². The number of methoxy groups -OCH3 is 9. The fraction of sp³-hybridized carbons (Fsp3) is 0.421. The summed E-state index contributed by atoms with van der Waals surface area (Å²) < 4.78 is 53.1. The first-order chi connectivity index (χ1) is 26.6. The van der Waals surface area contributed by atoms with Gasteiger partial charge in [-0.15, -0.1) is 0 Å². The molecule has 0 bridgehead atoms. The predicted molar refractivity (Wildman–Crippen MR) is 209 cm³/mol. The van der Waals surface area contributed by atoms with Crippen molar-refractivity contribution in [3.8, 4) is 51.7 Å². The van der Waals surface area contributed by atoms with E-state index >= 15 is 0 Å². The first-order valence-electron chi connectivity index (χ1n) is 17.1. The minimum absolute atomic E-state index is 0.253. The fourth-order valence-electron chi connectivity index (χ4n) is 6.04. The predicted octanol–water partition coefficient (Wildman–Crippen LogP) is 1.66. The van der Waals surface area contributed by atoms with Crippen molar-refractivity contribution < 1.29 is 66.9 Å². The van der Waals surface area contributed by atoms with Gasteiger partial charge in [0.15, 0.2) is 56.6 Å². The molecule has 0 aromatic heterocycles. The maximum atomic E-state index is 14.8. The number of carbonyl (C=O) groups excluding carboxylic acids is 3. The molecular formula is C38H51N3O14P+. The van der Waals surface area contributed by atoms with Gasteiger partial charge in [-0.1, -0.05) is 0 Å². The number of carbonyl (C=O) groups is 4. The molecule has 56 heavy (non-hydrogen) atoms. The van der Waals surface area contributed by atoms with Crippen LogP contribution in [0.15, 0.2) is 36.4 Å². The molecule has 0 saturated heterocycles. The molecule has 18 heteroatoms. The number of hydrogen-bond donors (Lipinski definition) is 4. The average Bonchev–Trinajstić information content (AvgIpc) is 3.20. The standard InChI is InChI=1S/C38H50N3O14P/c1-20(36(43)40-21(2)37(44)41-22(3)38(45)46)39-32(42)19-56(33-26(50-7)13-23(47-4)14-27(33)51-8,34-28(52-9)15-24(48-5)16-29(34)53-10)35-30(54-11)17-25(49-6)18-31(35)55-12/h13-18,20-22H,19H2,1-12H3,(H3-,39,40,41,42,43,44,45,46)/p+1/t20-,21-,22-/m0/s1. The number of rotatable bonds is 20. The zero-order chi connectivity index (χ0) is 41.9. The second-order valence-corrected chi connectivity index (χ2v) is 15.5. The smallest absolute Gasteiger partial charge is 0.325 e. The molecule has 0 heterocycles. The number of hydrogen-bond acceptors (Lipinski definition) is 13. The Labute approximate surface area is 326 Å². The van der Waals surface area contributed by atoms with Crippen molar-refractivity contribution in [3.63, 3.8) is 0 Å². The maximum Gasteiger partial charge on any atom is 0.325 e. The first-order valence-corrected chi connectivity index (χ1v) is 19.0. The lowest BCUT2D eigenvalue weighted by Crippen LogP contribution is -2.54. The largest absolute Gasteiger partial charge is 0.496 e. The van der Waals surface area contributed by atoms with Gasteiger partial charge in [0.05, 0.1) is 64.0 Å². The fourth-order valence-corrected chi connectivity index (χ4v) is 10.9. The van der Waals surface area contributed by atoms with Gasteiger partial charge in [-0.3, -0.25) is 19.2 Å². The van der Waals surface area contributed by atoms with Crippen LogP contribution in [0.5, 0.6) is 51.7 Å². The van der Waals surface area contributed by atoms with Gasteiger partial charge < -0.3 is 63.7 Å². The summed E-state index contributed by atoms with van der Waals surface area (Å²) >= 11 is 0. The summed E-state index contributed by atoms with van der Waals surface area (Å²) in [6.45, 7) is 4.12. The Bertz CT molecular complexity index is 1680. The number of amides is 3. The van der Waals surface area contributed by atoms with Gasteiger partial charge >= 0.3 is 5.97 Å². The van der Waals surface area contributed by atoms with Crippen LogP contribution in [0.1, 0.15) is 20.8 Å². The maximum absolute atomic E-state index is 14.8. The molecule has 0 fully saturated rings. The lowest BCUT2D eigenvalue weighted by molar-refractivity contribution is -0.141. The summed E-state index contributed by atoms with van der Waals surface area (Å²) in [5.74, 6) is -0.664. The number of benzene rings is 3. The zero-order valence-corrected chi connectivity index (χ0v) is 34.5. The van der Waals surface area contributed by atoms with E-state index in [9.17, 15) is 24.3 Å². The molecule has 3 aromatic carbocycles. The molecule has 3 rings (SSSR count). The Morgan fingerprint density at radius 1 is 0.482 bits per heavy atom. The van der Waals surface area contributed by atoms with Gasteiger partial charge in [0.1, 0.15) is 42.6 Å². The Morgan fingerprint density at radius 3 is 1.00 bits per heavy atom. The van der Waals surface area contributed by atoms with Gasteiger partial charge in [-0.25, -0.2) is 0 Å². The van der Waals surface area contributed by atoms with E-state index in [2.05, 4.69) is 16.0 Å². The monoisotopic (exact) mass is 804 g/mol. The molecule has 306 valence electrons. The molecule has 0 radical (unpaired) electrons. The van der Waals surface area contributed by atoms with Crippen molar-refractivity contribution in [1.82, 2.24) is 16.0 Å². The lowest BCUT2D eigenvalue weighted by Gasteiger charge is -2.33. The lowest BCUT2D eigenvalue weighted by atomic mass is 10.2. The van der Waals surface area contributed by atoms with Gasteiger partial charge in [0.2, 0.25) is 11.8 Å². The van der Waals surface area contributed by atoms with Crippen LogP contribution in [0.2, 0.25) is 0 Å². The van der Waals surface area contributed by atoms with Crippen molar-refractivity contribution in [2.75, 3.05) is 70.2 Å². The minimum atomic E-state index is -3.76. The summed E-state index contributed by atoms with van der Waals surface area (Å²) in [4.78, 5) is 52.1. The van der Waals surface area contributed by atoms with Crippen LogP contribution in [-0.2, 0) is 19.2 Å². The third-order valence-corrected chi connectivity index (χ3v) is 13.2. The number of carboxylic acid groups (broad SMARTS) is 1. The van der Waals surface area contributed by atoms with Gasteiger partial charge in [-0.05, 0) is 20.8 Å². The van der Waals surface area contributed by atoms with Crippen LogP contribution in [0, 0.1) is 0 Å². The second kappa shape index (κ2) is 19.7. The van der Waals surface area contributed by atoms with E-state index in [0.717, 1.165) is 0 Å². The summed E-state index contributed by atoms with van der Waals surface area (Å²) in [5, 5.41) is 17.9. The summed E-state index contributed by atoms with van der Waals surface area (Å²) in [6.07, 6.45) is -0.409. The Hall–Kier alpha value is -5.83. The Morgan fingerprint density at radius 2 is 0.750 bits per heavy atom. The van der Waals surface area contributed by atoms with Crippen LogP contribution in [0.3, 0.4) is 0 Å². The van der Waals surface area contributed by atoms with Gasteiger partial charge in [-0.2, -0.15) is 0 Å². The van der Waals surface area contributed by atoms with Crippen molar-refractivity contribution >= 4 is 46.9 Å². The number of carboxylic acids is 1.